The number of hydrogen-bond donors (Lipinski definition) is 2. The van der Waals surface area contributed by atoms with E-state index in [9.17, 15) is 4.79 Å². The first kappa shape index (κ1) is 18.2. The fourth-order valence-electron chi connectivity index (χ4n) is 2.65. The third-order valence-corrected chi connectivity index (χ3v) is 4.04. The Labute approximate surface area is 144 Å². The maximum Gasteiger partial charge on any atom is 0.238 e. The highest BCUT2D eigenvalue weighted by molar-refractivity contribution is 5.93. The topological polar surface area (TPSA) is 58.4 Å². The zero-order valence-corrected chi connectivity index (χ0v) is 14.6. The van der Waals surface area contributed by atoms with Crippen LogP contribution in [0.2, 0.25) is 0 Å². The van der Waals surface area contributed by atoms with Crippen molar-refractivity contribution in [2.24, 2.45) is 5.73 Å². The lowest BCUT2D eigenvalue weighted by Gasteiger charge is -2.21. The minimum absolute atomic E-state index is 0.00483. The number of carbonyl (C=O) groups excluding carboxylic acids is 1. The summed E-state index contributed by atoms with van der Waals surface area (Å²) in [5.41, 5.74) is 10.1. The van der Waals surface area contributed by atoms with Crippen molar-refractivity contribution in [1.82, 2.24) is 4.90 Å². The van der Waals surface area contributed by atoms with Gasteiger partial charge < -0.3 is 11.1 Å². The predicted molar refractivity (Wildman–Crippen MR) is 100 cm³/mol. The van der Waals surface area contributed by atoms with E-state index >= 15 is 0 Å². The van der Waals surface area contributed by atoms with E-state index < -0.39 is 0 Å². The lowest BCUT2D eigenvalue weighted by atomic mass is 10.1. The van der Waals surface area contributed by atoms with Crippen LogP contribution in [0.4, 0.5) is 5.69 Å². The van der Waals surface area contributed by atoms with E-state index in [4.69, 9.17) is 5.73 Å². The van der Waals surface area contributed by atoms with Crippen molar-refractivity contribution in [2.45, 2.75) is 20.3 Å². The highest BCUT2D eigenvalue weighted by Gasteiger charge is 2.11. The van der Waals surface area contributed by atoms with E-state index in [1.807, 2.05) is 50.2 Å². The number of nitrogens with zero attached hydrogens (tertiary/aromatic N) is 1. The van der Waals surface area contributed by atoms with E-state index in [-0.39, 0.29) is 5.91 Å². The van der Waals surface area contributed by atoms with Gasteiger partial charge >= 0.3 is 0 Å². The molecule has 0 heterocycles. The van der Waals surface area contributed by atoms with Crippen molar-refractivity contribution in [3.05, 3.63) is 65.2 Å². The van der Waals surface area contributed by atoms with Gasteiger partial charge in [0.15, 0.2) is 0 Å². The first-order valence-electron chi connectivity index (χ1n) is 8.42. The van der Waals surface area contributed by atoms with E-state index in [1.54, 1.807) is 0 Å². The van der Waals surface area contributed by atoms with Crippen LogP contribution in [0.3, 0.4) is 0 Å². The molecule has 0 aliphatic rings. The predicted octanol–water partition coefficient (Wildman–Crippen LogP) is 2.75. The van der Waals surface area contributed by atoms with Gasteiger partial charge in [-0.25, -0.2) is 0 Å². The standard InChI is InChI=1S/C20H27N3O/c1-16-8-9-17(2)19(14-16)22-20(24)15-23(13-11-21)12-10-18-6-4-3-5-7-18/h3-9,14H,10-13,15,21H2,1-2H3,(H,22,24). The van der Waals surface area contributed by atoms with Crippen LogP contribution in [0.15, 0.2) is 48.5 Å². The van der Waals surface area contributed by atoms with Gasteiger partial charge in [0, 0.05) is 25.3 Å². The largest absolute Gasteiger partial charge is 0.329 e. The summed E-state index contributed by atoms with van der Waals surface area (Å²) in [7, 11) is 0. The monoisotopic (exact) mass is 325 g/mol. The number of nitrogens with two attached hydrogens (primary N) is 1. The smallest absolute Gasteiger partial charge is 0.238 e. The zero-order chi connectivity index (χ0) is 17.4. The Hall–Kier alpha value is -2.17. The van der Waals surface area contributed by atoms with Crippen LogP contribution in [0.5, 0.6) is 0 Å². The summed E-state index contributed by atoms with van der Waals surface area (Å²) >= 11 is 0. The number of benzene rings is 2. The van der Waals surface area contributed by atoms with Crippen LogP contribution in [-0.2, 0) is 11.2 Å². The second-order valence-electron chi connectivity index (χ2n) is 6.17. The van der Waals surface area contributed by atoms with Gasteiger partial charge in [-0.1, -0.05) is 42.5 Å². The molecule has 0 aliphatic heterocycles. The maximum atomic E-state index is 12.4. The summed E-state index contributed by atoms with van der Waals surface area (Å²) in [5.74, 6) is 0.00483. The molecule has 128 valence electrons. The highest BCUT2D eigenvalue weighted by atomic mass is 16.2. The third kappa shape index (κ3) is 5.80. The number of rotatable bonds is 8. The molecule has 0 spiro atoms. The molecule has 1 amide bonds. The lowest BCUT2D eigenvalue weighted by Crippen LogP contribution is -2.38. The van der Waals surface area contributed by atoms with E-state index in [0.717, 1.165) is 29.8 Å². The molecule has 0 saturated carbocycles. The molecule has 2 aromatic carbocycles. The molecule has 4 nitrogen and oxygen atoms in total. The van der Waals surface area contributed by atoms with Gasteiger partial charge in [0.05, 0.1) is 6.54 Å². The molecule has 0 aromatic heterocycles. The molecule has 0 unspecified atom stereocenters. The number of carbonyl (C=O) groups is 1. The number of amides is 1. The van der Waals surface area contributed by atoms with Crippen LogP contribution in [0.1, 0.15) is 16.7 Å². The summed E-state index contributed by atoms with van der Waals surface area (Å²) in [6.45, 7) is 6.47. The fraction of sp³-hybridized carbons (Fsp3) is 0.350. The molecule has 2 aromatic rings. The number of anilines is 1. The molecule has 0 bridgehead atoms. The van der Waals surface area contributed by atoms with Gasteiger partial charge in [0.1, 0.15) is 0 Å². The Bertz CT molecular complexity index is 655. The van der Waals surface area contributed by atoms with Crippen LogP contribution in [0.25, 0.3) is 0 Å². The van der Waals surface area contributed by atoms with Crippen molar-refractivity contribution >= 4 is 11.6 Å². The van der Waals surface area contributed by atoms with Gasteiger partial charge in [-0.3, -0.25) is 9.69 Å². The van der Waals surface area contributed by atoms with Crippen molar-refractivity contribution < 1.29 is 4.79 Å². The normalized spacial score (nSPS) is 10.8. The van der Waals surface area contributed by atoms with Gasteiger partial charge in [0.25, 0.3) is 0 Å². The first-order valence-corrected chi connectivity index (χ1v) is 8.42. The highest BCUT2D eigenvalue weighted by Crippen LogP contribution is 2.16. The van der Waals surface area contributed by atoms with Gasteiger partial charge in [0.2, 0.25) is 5.91 Å². The second-order valence-corrected chi connectivity index (χ2v) is 6.17. The minimum Gasteiger partial charge on any atom is -0.329 e. The van der Waals surface area contributed by atoms with Crippen molar-refractivity contribution in [2.75, 3.05) is 31.5 Å². The van der Waals surface area contributed by atoms with E-state index in [1.165, 1.54) is 5.56 Å². The van der Waals surface area contributed by atoms with Crippen LogP contribution < -0.4 is 11.1 Å². The minimum atomic E-state index is 0.00483. The summed E-state index contributed by atoms with van der Waals surface area (Å²) in [4.78, 5) is 14.5. The molecule has 2 rings (SSSR count). The summed E-state index contributed by atoms with van der Waals surface area (Å²) in [6, 6.07) is 16.4. The molecule has 3 N–H and O–H groups in total. The van der Waals surface area contributed by atoms with Gasteiger partial charge in [-0.15, -0.1) is 0 Å². The molecule has 0 atom stereocenters. The fourth-order valence-corrected chi connectivity index (χ4v) is 2.65. The maximum absolute atomic E-state index is 12.4. The van der Waals surface area contributed by atoms with Crippen LogP contribution in [0, 0.1) is 13.8 Å². The van der Waals surface area contributed by atoms with Crippen molar-refractivity contribution in [3.8, 4) is 0 Å². The number of nitrogens with one attached hydrogen (secondary N) is 1. The Morgan fingerprint density at radius 3 is 2.54 bits per heavy atom. The summed E-state index contributed by atoms with van der Waals surface area (Å²) in [6.07, 6.45) is 0.914. The van der Waals surface area contributed by atoms with Crippen LogP contribution in [-0.4, -0.2) is 37.0 Å². The second kappa shape index (κ2) is 9.21. The van der Waals surface area contributed by atoms with Crippen LogP contribution >= 0.6 is 0 Å². The Morgan fingerprint density at radius 2 is 1.83 bits per heavy atom. The van der Waals surface area contributed by atoms with E-state index in [2.05, 4.69) is 22.3 Å². The van der Waals surface area contributed by atoms with E-state index in [0.29, 0.717) is 19.6 Å². The van der Waals surface area contributed by atoms with Gasteiger partial charge in [-0.05, 0) is 43.0 Å². The molecular weight excluding hydrogens is 298 g/mol. The Morgan fingerprint density at radius 1 is 1.08 bits per heavy atom. The molecule has 4 heteroatoms. The summed E-state index contributed by atoms with van der Waals surface area (Å²) < 4.78 is 0. The molecule has 0 saturated heterocycles. The molecule has 0 fully saturated rings. The molecule has 24 heavy (non-hydrogen) atoms. The number of hydrogen-bond acceptors (Lipinski definition) is 3. The Balaban J connectivity index is 1.91. The third-order valence-electron chi connectivity index (χ3n) is 4.04. The SMILES string of the molecule is Cc1ccc(C)c(NC(=O)CN(CCN)CCc2ccccc2)c1. The number of aryl methyl sites for hydroxylation is 2. The van der Waals surface area contributed by atoms with Crippen molar-refractivity contribution in [3.63, 3.8) is 0 Å². The van der Waals surface area contributed by atoms with Gasteiger partial charge in [-0.2, -0.15) is 0 Å². The lowest BCUT2D eigenvalue weighted by molar-refractivity contribution is -0.117. The molecule has 0 radical (unpaired) electrons. The average molecular weight is 325 g/mol. The first-order chi connectivity index (χ1) is 11.6. The molecular formula is C20H27N3O. The Kier molecular flexibility index (Phi) is 6.97. The average Bonchev–Trinajstić information content (AvgIpc) is 2.57. The summed E-state index contributed by atoms with van der Waals surface area (Å²) in [5, 5.41) is 3.02. The van der Waals surface area contributed by atoms with Crippen molar-refractivity contribution in [1.29, 1.82) is 0 Å². The molecule has 0 aliphatic carbocycles. The zero-order valence-electron chi connectivity index (χ0n) is 14.6. The quantitative estimate of drug-likeness (QED) is 0.784.